The number of carbonyl (C=O) groups excluding carboxylic acids is 1. The summed E-state index contributed by atoms with van der Waals surface area (Å²) >= 11 is 0. The molecule has 0 aromatic heterocycles. The molecule has 1 atom stereocenters. The van der Waals surface area contributed by atoms with Crippen molar-refractivity contribution in [3.05, 3.63) is 59.2 Å². The number of aryl methyl sites for hydroxylation is 1. The molecule has 0 heterocycles. The third-order valence-corrected chi connectivity index (χ3v) is 3.73. The lowest BCUT2D eigenvalue weighted by molar-refractivity contribution is 0.0975. The Hall–Kier alpha value is -2.29. The molecule has 0 bridgehead atoms. The standard InChI is InChI=1S/C18H21NO2/c1-12(14-4-6-15(19)7-5-14)11-18(20)17-9-8-16(21-3)10-13(17)2/h4-10,12H,11,19H2,1-3H3. The van der Waals surface area contributed by atoms with Crippen molar-refractivity contribution in [2.24, 2.45) is 0 Å². The summed E-state index contributed by atoms with van der Waals surface area (Å²) in [6.45, 7) is 3.99. The number of Topliss-reactive ketones (excluding diaryl/α,β-unsaturated/α-hetero) is 1. The Bertz CT molecular complexity index is 632. The van der Waals surface area contributed by atoms with E-state index >= 15 is 0 Å². The van der Waals surface area contributed by atoms with E-state index in [0.717, 1.165) is 28.1 Å². The van der Waals surface area contributed by atoms with Crippen LogP contribution in [-0.4, -0.2) is 12.9 Å². The third kappa shape index (κ3) is 3.63. The Kier molecular flexibility index (Phi) is 4.63. The highest BCUT2D eigenvalue weighted by Gasteiger charge is 2.15. The molecular formula is C18H21NO2. The van der Waals surface area contributed by atoms with Crippen LogP contribution in [0.15, 0.2) is 42.5 Å². The quantitative estimate of drug-likeness (QED) is 0.667. The van der Waals surface area contributed by atoms with Crippen LogP contribution in [0.1, 0.15) is 40.7 Å². The smallest absolute Gasteiger partial charge is 0.163 e. The second-order valence-electron chi connectivity index (χ2n) is 5.38. The number of rotatable bonds is 5. The zero-order valence-corrected chi connectivity index (χ0v) is 12.7. The number of methoxy groups -OCH3 is 1. The maximum atomic E-state index is 12.5. The molecule has 2 aromatic rings. The van der Waals surface area contributed by atoms with Crippen LogP contribution in [0.5, 0.6) is 5.75 Å². The van der Waals surface area contributed by atoms with Crippen molar-refractivity contribution in [2.75, 3.05) is 12.8 Å². The molecular weight excluding hydrogens is 262 g/mol. The molecule has 0 radical (unpaired) electrons. The normalized spacial score (nSPS) is 12.0. The van der Waals surface area contributed by atoms with Crippen molar-refractivity contribution in [3.8, 4) is 5.75 Å². The van der Waals surface area contributed by atoms with E-state index in [4.69, 9.17) is 10.5 Å². The van der Waals surface area contributed by atoms with Crippen LogP contribution >= 0.6 is 0 Å². The van der Waals surface area contributed by atoms with Crippen molar-refractivity contribution < 1.29 is 9.53 Å². The Balaban J connectivity index is 2.12. The number of ether oxygens (including phenoxy) is 1. The van der Waals surface area contributed by atoms with E-state index in [1.807, 2.05) is 49.4 Å². The number of nitrogen functional groups attached to an aromatic ring is 1. The van der Waals surface area contributed by atoms with E-state index in [2.05, 4.69) is 6.92 Å². The molecule has 110 valence electrons. The predicted octanol–water partition coefficient (Wildman–Crippen LogP) is 3.96. The SMILES string of the molecule is COc1ccc(C(=O)CC(C)c2ccc(N)cc2)c(C)c1. The molecule has 0 amide bonds. The van der Waals surface area contributed by atoms with Crippen molar-refractivity contribution >= 4 is 11.5 Å². The average Bonchev–Trinajstić information content (AvgIpc) is 2.47. The number of nitrogens with two attached hydrogens (primary N) is 1. The zero-order chi connectivity index (χ0) is 15.4. The molecule has 3 nitrogen and oxygen atoms in total. The summed E-state index contributed by atoms with van der Waals surface area (Å²) in [4.78, 5) is 12.5. The minimum Gasteiger partial charge on any atom is -0.497 e. The van der Waals surface area contributed by atoms with Gasteiger partial charge in [-0.15, -0.1) is 0 Å². The van der Waals surface area contributed by atoms with E-state index in [1.165, 1.54) is 0 Å². The summed E-state index contributed by atoms with van der Waals surface area (Å²) in [5.41, 5.74) is 9.27. The monoisotopic (exact) mass is 283 g/mol. The van der Waals surface area contributed by atoms with Crippen LogP contribution in [0.2, 0.25) is 0 Å². The van der Waals surface area contributed by atoms with Crippen LogP contribution in [0.4, 0.5) is 5.69 Å². The summed E-state index contributed by atoms with van der Waals surface area (Å²) in [7, 11) is 1.62. The molecule has 21 heavy (non-hydrogen) atoms. The maximum absolute atomic E-state index is 12.5. The largest absolute Gasteiger partial charge is 0.497 e. The highest BCUT2D eigenvalue weighted by molar-refractivity contribution is 5.98. The van der Waals surface area contributed by atoms with E-state index in [0.29, 0.717) is 6.42 Å². The highest BCUT2D eigenvalue weighted by Crippen LogP contribution is 2.24. The summed E-state index contributed by atoms with van der Waals surface area (Å²) in [6.07, 6.45) is 0.483. The van der Waals surface area contributed by atoms with E-state index in [9.17, 15) is 4.79 Å². The minimum atomic E-state index is 0.152. The molecule has 0 aliphatic heterocycles. The first-order valence-electron chi connectivity index (χ1n) is 7.04. The van der Waals surface area contributed by atoms with E-state index in [-0.39, 0.29) is 11.7 Å². The first-order valence-corrected chi connectivity index (χ1v) is 7.04. The van der Waals surface area contributed by atoms with Gasteiger partial charge in [-0.25, -0.2) is 0 Å². The molecule has 0 aliphatic rings. The van der Waals surface area contributed by atoms with Gasteiger partial charge >= 0.3 is 0 Å². The lowest BCUT2D eigenvalue weighted by Gasteiger charge is -2.13. The van der Waals surface area contributed by atoms with Crippen LogP contribution in [0.25, 0.3) is 0 Å². The van der Waals surface area contributed by atoms with Gasteiger partial charge in [-0.2, -0.15) is 0 Å². The Morgan fingerprint density at radius 1 is 1.19 bits per heavy atom. The number of benzene rings is 2. The van der Waals surface area contributed by atoms with Crippen molar-refractivity contribution in [2.45, 2.75) is 26.2 Å². The predicted molar refractivity (Wildman–Crippen MR) is 85.9 cm³/mol. The molecule has 0 spiro atoms. The second-order valence-corrected chi connectivity index (χ2v) is 5.38. The highest BCUT2D eigenvalue weighted by atomic mass is 16.5. The van der Waals surface area contributed by atoms with E-state index < -0.39 is 0 Å². The topological polar surface area (TPSA) is 52.3 Å². The minimum absolute atomic E-state index is 0.152. The number of hydrogen-bond donors (Lipinski definition) is 1. The molecule has 0 fully saturated rings. The first kappa shape index (κ1) is 15.1. The third-order valence-electron chi connectivity index (χ3n) is 3.73. The summed E-state index contributed by atoms with van der Waals surface area (Å²) in [5, 5.41) is 0. The lowest BCUT2D eigenvalue weighted by Crippen LogP contribution is -2.07. The molecule has 3 heteroatoms. The van der Waals surface area contributed by atoms with Gasteiger partial charge in [-0.05, 0) is 54.3 Å². The number of anilines is 1. The Morgan fingerprint density at radius 3 is 2.43 bits per heavy atom. The average molecular weight is 283 g/mol. The summed E-state index contributed by atoms with van der Waals surface area (Å²) in [6, 6.07) is 13.3. The van der Waals surface area contributed by atoms with E-state index in [1.54, 1.807) is 7.11 Å². The van der Waals surface area contributed by atoms with Crippen LogP contribution < -0.4 is 10.5 Å². The molecule has 0 saturated heterocycles. The van der Waals surface area contributed by atoms with Crippen molar-refractivity contribution in [3.63, 3.8) is 0 Å². The number of carbonyl (C=O) groups is 1. The summed E-state index contributed by atoms with van der Waals surface area (Å²) in [5.74, 6) is 1.09. The van der Waals surface area contributed by atoms with Gasteiger partial charge in [-0.3, -0.25) is 4.79 Å². The number of hydrogen-bond acceptors (Lipinski definition) is 3. The van der Waals surface area contributed by atoms with Gasteiger partial charge in [0.1, 0.15) is 5.75 Å². The van der Waals surface area contributed by atoms with Gasteiger partial charge in [0.2, 0.25) is 0 Å². The number of ketones is 1. The van der Waals surface area contributed by atoms with Crippen LogP contribution in [-0.2, 0) is 0 Å². The van der Waals surface area contributed by atoms with Gasteiger partial charge in [0.25, 0.3) is 0 Å². The molecule has 2 aromatic carbocycles. The Morgan fingerprint density at radius 2 is 1.86 bits per heavy atom. The van der Waals surface area contributed by atoms with Crippen LogP contribution in [0.3, 0.4) is 0 Å². The fourth-order valence-corrected chi connectivity index (χ4v) is 2.41. The molecule has 1 unspecified atom stereocenters. The lowest BCUT2D eigenvalue weighted by atomic mass is 9.91. The maximum Gasteiger partial charge on any atom is 0.163 e. The summed E-state index contributed by atoms with van der Waals surface area (Å²) < 4.78 is 5.17. The molecule has 0 aliphatic carbocycles. The van der Waals surface area contributed by atoms with Crippen LogP contribution in [0, 0.1) is 6.92 Å². The van der Waals surface area contributed by atoms with Gasteiger partial charge < -0.3 is 10.5 Å². The Labute approximate surface area is 125 Å². The first-order chi connectivity index (χ1) is 10.0. The van der Waals surface area contributed by atoms with Gasteiger partial charge in [0, 0.05) is 17.7 Å². The second kappa shape index (κ2) is 6.44. The fraction of sp³-hybridized carbons (Fsp3) is 0.278. The fourth-order valence-electron chi connectivity index (χ4n) is 2.41. The van der Waals surface area contributed by atoms with Gasteiger partial charge in [0.05, 0.1) is 7.11 Å². The molecule has 2 N–H and O–H groups in total. The van der Waals surface area contributed by atoms with Crippen molar-refractivity contribution in [1.29, 1.82) is 0 Å². The van der Waals surface area contributed by atoms with Gasteiger partial charge in [-0.1, -0.05) is 19.1 Å². The van der Waals surface area contributed by atoms with Crippen molar-refractivity contribution in [1.82, 2.24) is 0 Å². The zero-order valence-electron chi connectivity index (χ0n) is 12.7. The molecule has 2 rings (SSSR count). The van der Waals surface area contributed by atoms with Gasteiger partial charge in [0.15, 0.2) is 5.78 Å². The molecule has 0 saturated carbocycles.